The van der Waals surface area contributed by atoms with Crippen LogP contribution in [0.3, 0.4) is 0 Å². The first-order valence-corrected chi connectivity index (χ1v) is 8.65. The van der Waals surface area contributed by atoms with Crippen molar-refractivity contribution in [3.8, 4) is 17.3 Å². The van der Waals surface area contributed by atoms with Gasteiger partial charge in [0.1, 0.15) is 11.6 Å². The molecule has 24 heavy (non-hydrogen) atoms. The average Bonchev–Trinajstić information content (AvgIpc) is 3.02. The Hall–Kier alpha value is -2.65. The summed E-state index contributed by atoms with van der Waals surface area (Å²) in [4.78, 5) is 15.7. The van der Waals surface area contributed by atoms with Crippen molar-refractivity contribution < 1.29 is 4.79 Å². The van der Waals surface area contributed by atoms with Gasteiger partial charge in [0.25, 0.3) is 5.91 Å². The van der Waals surface area contributed by atoms with E-state index in [-0.39, 0.29) is 5.57 Å². The second-order valence-electron chi connectivity index (χ2n) is 5.44. The van der Waals surface area contributed by atoms with Gasteiger partial charge in [-0.15, -0.1) is 11.3 Å². The highest BCUT2D eigenvalue weighted by atomic mass is 32.1. The molecule has 0 aliphatic carbocycles. The first kappa shape index (κ1) is 17.7. The number of aryl methyl sites for hydroxylation is 1. The molecular weight excluding hydrogens is 320 g/mol. The van der Waals surface area contributed by atoms with E-state index in [1.54, 1.807) is 13.0 Å². The van der Waals surface area contributed by atoms with Crippen LogP contribution in [0.4, 0.5) is 5.13 Å². The van der Waals surface area contributed by atoms with E-state index in [1.807, 2.05) is 5.38 Å². The molecule has 0 atom stereocenters. The molecule has 0 fully saturated rings. The monoisotopic (exact) mass is 340 g/mol. The van der Waals surface area contributed by atoms with E-state index >= 15 is 0 Å². The molecule has 1 aromatic carbocycles. The molecule has 2 rings (SSSR count). The summed E-state index contributed by atoms with van der Waals surface area (Å²) in [6.45, 7) is 3.82. The number of hydrogen-bond donors (Lipinski definition) is 2. The van der Waals surface area contributed by atoms with Crippen molar-refractivity contribution in [2.24, 2.45) is 5.73 Å². The largest absolute Gasteiger partial charge is 0.365 e. The van der Waals surface area contributed by atoms with Gasteiger partial charge in [-0.2, -0.15) is 5.26 Å². The SMILES string of the molecule is CCCCc1ccc(-c2csc(N/C(C)=C(\C#N)C(N)=O)n2)cc1. The molecule has 0 bridgehead atoms. The minimum Gasteiger partial charge on any atom is -0.365 e. The quantitative estimate of drug-likeness (QED) is 0.591. The number of nitriles is 1. The molecule has 0 spiro atoms. The number of amides is 1. The van der Waals surface area contributed by atoms with Crippen LogP contribution in [0.2, 0.25) is 0 Å². The zero-order valence-electron chi connectivity index (χ0n) is 13.8. The van der Waals surface area contributed by atoms with Gasteiger partial charge in [-0.1, -0.05) is 37.6 Å². The summed E-state index contributed by atoms with van der Waals surface area (Å²) < 4.78 is 0. The van der Waals surface area contributed by atoms with E-state index in [1.165, 1.54) is 29.7 Å². The van der Waals surface area contributed by atoms with Crippen LogP contribution in [0, 0.1) is 11.3 Å². The number of anilines is 1. The summed E-state index contributed by atoms with van der Waals surface area (Å²) in [6, 6.07) is 10.2. The first-order chi connectivity index (χ1) is 11.5. The number of rotatable bonds is 7. The molecule has 1 amide bonds. The van der Waals surface area contributed by atoms with Crippen molar-refractivity contribution in [1.29, 1.82) is 5.26 Å². The number of aromatic nitrogens is 1. The zero-order valence-corrected chi connectivity index (χ0v) is 14.6. The second-order valence-corrected chi connectivity index (χ2v) is 6.30. The Morgan fingerprint density at radius 2 is 2.08 bits per heavy atom. The van der Waals surface area contributed by atoms with Gasteiger partial charge in [-0.25, -0.2) is 4.98 Å². The highest BCUT2D eigenvalue weighted by Crippen LogP contribution is 2.26. The van der Waals surface area contributed by atoms with Crippen molar-refractivity contribution in [3.63, 3.8) is 0 Å². The van der Waals surface area contributed by atoms with Crippen molar-refractivity contribution in [2.45, 2.75) is 33.1 Å². The summed E-state index contributed by atoms with van der Waals surface area (Å²) in [7, 11) is 0. The standard InChI is InChI=1S/C18H20N4OS/c1-3-4-5-13-6-8-14(9-7-13)16-11-24-18(22-16)21-12(2)15(10-19)17(20)23/h6-9,11H,3-5H2,1-2H3,(H2,20,23)(H,21,22)/b15-12+. The fourth-order valence-corrected chi connectivity index (χ4v) is 3.01. The average molecular weight is 340 g/mol. The van der Waals surface area contributed by atoms with Crippen LogP contribution in [0.15, 0.2) is 40.9 Å². The predicted molar refractivity (Wildman–Crippen MR) is 97.3 cm³/mol. The smallest absolute Gasteiger partial charge is 0.261 e. The molecule has 2 aromatic rings. The van der Waals surface area contributed by atoms with E-state index in [4.69, 9.17) is 11.0 Å². The third-order valence-corrected chi connectivity index (χ3v) is 4.36. The number of nitrogens with zero attached hydrogens (tertiary/aromatic N) is 2. The fraction of sp³-hybridized carbons (Fsp3) is 0.278. The Labute approximate surface area is 145 Å². The number of carbonyl (C=O) groups excluding carboxylic acids is 1. The molecule has 0 radical (unpaired) electrons. The van der Waals surface area contributed by atoms with Crippen LogP contribution < -0.4 is 11.1 Å². The number of primary amides is 1. The van der Waals surface area contributed by atoms with Crippen LogP contribution in [0.25, 0.3) is 11.3 Å². The molecule has 0 saturated carbocycles. The van der Waals surface area contributed by atoms with E-state index in [0.717, 1.165) is 17.7 Å². The highest BCUT2D eigenvalue weighted by molar-refractivity contribution is 7.14. The summed E-state index contributed by atoms with van der Waals surface area (Å²) in [6.07, 6.45) is 3.47. The number of carbonyl (C=O) groups is 1. The lowest BCUT2D eigenvalue weighted by Gasteiger charge is -2.04. The molecule has 1 aromatic heterocycles. The number of unbranched alkanes of at least 4 members (excludes halogenated alkanes) is 1. The fourth-order valence-electron chi connectivity index (χ4n) is 2.23. The predicted octanol–water partition coefficient (Wildman–Crippen LogP) is 3.85. The maximum atomic E-state index is 11.2. The lowest BCUT2D eigenvalue weighted by molar-refractivity contribution is -0.114. The lowest BCUT2D eigenvalue weighted by atomic mass is 10.1. The molecule has 0 aliphatic heterocycles. The summed E-state index contributed by atoms with van der Waals surface area (Å²) in [5, 5.41) is 14.5. The lowest BCUT2D eigenvalue weighted by Crippen LogP contribution is -2.16. The van der Waals surface area contributed by atoms with Crippen LogP contribution in [0.1, 0.15) is 32.3 Å². The number of benzene rings is 1. The highest BCUT2D eigenvalue weighted by Gasteiger charge is 2.11. The summed E-state index contributed by atoms with van der Waals surface area (Å²) >= 11 is 1.41. The normalized spacial score (nSPS) is 11.5. The third-order valence-electron chi connectivity index (χ3n) is 3.60. The van der Waals surface area contributed by atoms with Gasteiger partial charge in [-0.3, -0.25) is 4.79 Å². The van der Waals surface area contributed by atoms with Crippen LogP contribution >= 0.6 is 11.3 Å². The number of thiazole rings is 1. The molecule has 5 nitrogen and oxygen atoms in total. The molecule has 6 heteroatoms. The molecule has 0 aliphatic rings. The molecule has 3 N–H and O–H groups in total. The van der Waals surface area contributed by atoms with Crippen LogP contribution in [-0.2, 0) is 11.2 Å². The van der Waals surface area contributed by atoms with E-state index < -0.39 is 5.91 Å². The van der Waals surface area contributed by atoms with Gasteiger partial charge >= 0.3 is 0 Å². The van der Waals surface area contributed by atoms with E-state index in [9.17, 15) is 4.79 Å². The van der Waals surface area contributed by atoms with Gasteiger partial charge < -0.3 is 11.1 Å². The minimum absolute atomic E-state index is 0.0907. The van der Waals surface area contributed by atoms with Gasteiger partial charge in [0.05, 0.1) is 5.69 Å². The Balaban J connectivity index is 2.13. The van der Waals surface area contributed by atoms with E-state index in [0.29, 0.717) is 10.8 Å². The summed E-state index contributed by atoms with van der Waals surface area (Å²) in [5.41, 5.74) is 8.71. The molecular formula is C18H20N4OS. The molecule has 0 saturated heterocycles. The maximum absolute atomic E-state index is 11.2. The van der Waals surface area contributed by atoms with Gasteiger partial charge in [0.2, 0.25) is 0 Å². The topological polar surface area (TPSA) is 91.8 Å². The molecule has 124 valence electrons. The number of allylic oxidation sites excluding steroid dienone is 1. The molecule has 0 unspecified atom stereocenters. The van der Waals surface area contributed by atoms with Crippen molar-refractivity contribution in [3.05, 3.63) is 46.5 Å². The third kappa shape index (κ3) is 4.43. The molecule has 1 heterocycles. The Morgan fingerprint density at radius 3 is 2.67 bits per heavy atom. The summed E-state index contributed by atoms with van der Waals surface area (Å²) in [5.74, 6) is -0.748. The Kier molecular flexibility index (Phi) is 6.10. The van der Waals surface area contributed by atoms with Gasteiger partial charge in [-0.05, 0) is 25.3 Å². The van der Waals surface area contributed by atoms with Gasteiger partial charge in [0, 0.05) is 16.6 Å². The van der Waals surface area contributed by atoms with Crippen molar-refractivity contribution in [2.75, 3.05) is 5.32 Å². The first-order valence-electron chi connectivity index (χ1n) is 7.77. The minimum atomic E-state index is -0.748. The van der Waals surface area contributed by atoms with Crippen LogP contribution in [0.5, 0.6) is 0 Å². The Bertz CT molecular complexity index is 784. The number of nitrogens with two attached hydrogens (primary N) is 1. The Morgan fingerprint density at radius 1 is 1.38 bits per heavy atom. The van der Waals surface area contributed by atoms with Crippen molar-refractivity contribution >= 4 is 22.4 Å². The van der Waals surface area contributed by atoms with E-state index in [2.05, 4.69) is 41.5 Å². The second kappa shape index (κ2) is 8.27. The zero-order chi connectivity index (χ0) is 17.5. The van der Waals surface area contributed by atoms with Gasteiger partial charge in [0.15, 0.2) is 5.13 Å². The number of hydrogen-bond acceptors (Lipinski definition) is 5. The van der Waals surface area contributed by atoms with Crippen LogP contribution in [-0.4, -0.2) is 10.9 Å². The number of nitrogens with one attached hydrogen (secondary N) is 1. The maximum Gasteiger partial charge on any atom is 0.261 e. The van der Waals surface area contributed by atoms with Crippen molar-refractivity contribution in [1.82, 2.24) is 4.98 Å².